The lowest BCUT2D eigenvalue weighted by molar-refractivity contribution is 0.0268. The highest BCUT2D eigenvalue weighted by atomic mass is 16.5. The minimum absolute atomic E-state index is 0.193. The zero-order chi connectivity index (χ0) is 17.1. The molecular weight excluding hydrogens is 320 g/mol. The second kappa shape index (κ2) is 7.47. The lowest BCUT2D eigenvalue weighted by atomic mass is 9.96. The van der Waals surface area contributed by atoms with Gasteiger partial charge in [0, 0.05) is 45.2 Å². The number of hydrogen-bond donors (Lipinski definition) is 1. The molecule has 25 heavy (non-hydrogen) atoms. The summed E-state index contributed by atoms with van der Waals surface area (Å²) >= 11 is 0. The van der Waals surface area contributed by atoms with E-state index in [-0.39, 0.29) is 12.5 Å². The average Bonchev–Trinajstić information content (AvgIpc) is 3.30. The maximum Gasteiger partial charge on any atom is 0.250 e. The van der Waals surface area contributed by atoms with Gasteiger partial charge < -0.3 is 14.7 Å². The molecule has 0 amide bonds. The molecule has 2 aliphatic rings. The van der Waals surface area contributed by atoms with Crippen LogP contribution in [0.1, 0.15) is 0 Å². The summed E-state index contributed by atoms with van der Waals surface area (Å²) in [6.45, 7) is 6.34. The predicted molar refractivity (Wildman–Crippen MR) is 92.7 cm³/mol. The summed E-state index contributed by atoms with van der Waals surface area (Å²) in [5, 5.41) is 22.1. The van der Waals surface area contributed by atoms with Crippen LogP contribution in [0.2, 0.25) is 0 Å². The number of hydrogen-bond acceptors (Lipinski definition) is 7. The molecule has 2 atom stereocenters. The Bertz CT molecular complexity index is 673. The van der Waals surface area contributed by atoms with Crippen molar-refractivity contribution in [1.82, 2.24) is 25.1 Å². The van der Waals surface area contributed by atoms with E-state index in [1.807, 2.05) is 30.3 Å². The van der Waals surface area contributed by atoms with Crippen LogP contribution in [0.5, 0.6) is 0 Å². The van der Waals surface area contributed by atoms with Gasteiger partial charge in [-0.3, -0.25) is 4.90 Å². The third-order valence-electron chi connectivity index (χ3n) is 5.14. The van der Waals surface area contributed by atoms with Gasteiger partial charge in [0.1, 0.15) is 0 Å². The molecule has 1 aromatic heterocycles. The number of benzene rings is 1. The van der Waals surface area contributed by atoms with Crippen molar-refractivity contribution in [1.29, 1.82) is 0 Å². The molecule has 0 unspecified atom stereocenters. The number of aliphatic hydroxyl groups is 1. The van der Waals surface area contributed by atoms with Gasteiger partial charge in [0.25, 0.3) is 0 Å². The number of para-hydroxylation sites is 1. The van der Waals surface area contributed by atoms with Crippen molar-refractivity contribution in [3.63, 3.8) is 0 Å². The van der Waals surface area contributed by atoms with Crippen LogP contribution in [0.4, 0.5) is 5.95 Å². The minimum atomic E-state index is 0.193. The molecule has 2 fully saturated rings. The lowest BCUT2D eigenvalue weighted by Crippen LogP contribution is -2.41. The van der Waals surface area contributed by atoms with E-state index >= 15 is 0 Å². The first-order valence-corrected chi connectivity index (χ1v) is 8.85. The lowest BCUT2D eigenvalue weighted by Gasteiger charge is -2.30. The predicted octanol–water partition coefficient (Wildman–Crippen LogP) is 0.0392. The van der Waals surface area contributed by atoms with Crippen LogP contribution in [0.3, 0.4) is 0 Å². The summed E-state index contributed by atoms with van der Waals surface area (Å²) in [7, 11) is 0. The Morgan fingerprint density at radius 2 is 1.84 bits per heavy atom. The number of anilines is 1. The fourth-order valence-electron chi connectivity index (χ4n) is 3.75. The number of tetrazole rings is 1. The van der Waals surface area contributed by atoms with E-state index in [9.17, 15) is 5.11 Å². The quantitative estimate of drug-likeness (QED) is 0.820. The Hall–Kier alpha value is -2.03. The van der Waals surface area contributed by atoms with E-state index in [4.69, 9.17) is 4.74 Å². The second-order valence-electron chi connectivity index (χ2n) is 6.75. The van der Waals surface area contributed by atoms with Crippen LogP contribution in [0, 0.1) is 11.8 Å². The molecule has 3 heterocycles. The molecule has 0 aliphatic carbocycles. The van der Waals surface area contributed by atoms with E-state index < -0.39 is 0 Å². The third-order valence-corrected chi connectivity index (χ3v) is 5.14. The molecule has 1 N–H and O–H groups in total. The maximum absolute atomic E-state index is 9.84. The largest absolute Gasteiger partial charge is 0.396 e. The van der Waals surface area contributed by atoms with Crippen molar-refractivity contribution in [2.45, 2.75) is 0 Å². The van der Waals surface area contributed by atoms with Crippen molar-refractivity contribution in [3.8, 4) is 5.69 Å². The van der Waals surface area contributed by atoms with E-state index in [2.05, 4.69) is 25.3 Å². The molecule has 2 aromatic rings. The molecule has 0 spiro atoms. The average molecular weight is 344 g/mol. The molecule has 1 aromatic carbocycles. The number of ether oxygens (including phenoxy) is 1. The molecular formula is C17H24N6O2. The summed E-state index contributed by atoms with van der Waals surface area (Å²) < 4.78 is 7.20. The first kappa shape index (κ1) is 16.4. The Kier molecular flexibility index (Phi) is 4.91. The number of aromatic nitrogens is 4. The van der Waals surface area contributed by atoms with Crippen LogP contribution in [-0.2, 0) is 4.74 Å². The van der Waals surface area contributed by atoms with Gasteiger partial charge in [-0.05, 0) is 28.5 Å². The number of nitrogens with zero attached hydrogens (tertiary/aromatic N) is 6. The number of morpholine rings is 1. The van der Waals surface area contributed by atoms with E-state index in [1.165, 1.54) is 0 Å². The molecule has 2 aliphatic heterocycles. The Balaban J connectivity index is 1.50. The van der Waals surface area contributed by atoms with Crippen LogP contribution in [0.25, 0.3) is 5.69 Å². The maximum atomic E-state index is 9.84. The molecule has 0 saturated carbocycles. The minimum Gasteiger partial charge on any atom is -0.396 e. The van der Waals surface area contributed by atoms with Crippen LogP contribution in [-0.4, -0.2) is 82.8 Å². The van der Waals surface area contributed by atoms with Gasteiger partial charge in [-0.25, -0.2) is 0 Å². The molecule has 0 bridgehead atoms. The van der Waals surface area contributed by atoms with Crippen molar-refractivity contribution in [2.24, 2.45) is 11.8 Å². The molecule has 8 nitrogen and oxygen atoms in total. The summed E-state index contributed by atoms with van der Waals surface area (Å²) in [6.07, 6.45) is 0. The molecule has 2 saturated heterocycles. The zero-order valence-corrected chi connectivity index (χ0v) is 14.2. The number of rotatable bonds is 5. The summed E-state index contributed by atoms with van der Waals surface area (Å²) in [6, 6.07) is 9.91. The van der Waals surface area contributed by atoms with E-state index in [0.717, 1.165) is 57.6 Å². The van der Waals surface area contributed by atoms with Gasteiger partial charge >= 0.3 is 0 Å². The second-order valence-corrected chi connectivity index (χ2v) is 6.75. The smallest absolute Gasteiger partial charge is 0.250 e. The summed E-state index contributed by atoms with van der Waals surface area (Å²) in [4.78, 5) is 4.62. The standard InChI is InChI=1S/C17H24N6O2/c24-13-15-12-22(11-14(15)10-21-6-8-25-9-7-21)17-18-19-20-23(17)16-4-2-1-3-5-16/h1-5,14-15,24H,6-13H2/t14-,15-/m1/s1. The van der Waals surface area contributed by atoms with Crippen molar-refractivity contribution in [2.75, 3.05) is 57.4 Å². The Labute approximate surface area is 147 Å². The SMILES string of the molecule is OC[C@H]1CN(c2nnnn2-c2ccccc2)C[C@H]1CN1CCOCC1. The molecule has 134 valence electrons. The highest BCUT2D eigenvalue weighted by molar-refractivity contribution is 5.41. The Morgan fingerprint density at radius 1 is 1.08 bits per heavy atom. The van der Waals surface area contributed by atoms with E-state index in [1.54, 1.807) is 4.68 Å². The van der Waals surface area contributed by atoms with Crippen LogP contribution in [0.15, 0.2) is 30.3 Å². The van der Waals surface area contributed by atoms with Crippen molar-refractivity contribution < 1.29 is 9.84 Å². The highest BCUT2D eigenvalue weighted by Gasteiger charge is 2.36. The van der Waals surface area contributed by atoms with Gasteiger partial charge in [-0.1, -0.05) is 23.3 Å². The highest BCUT2D eigenvalue weighted by Crippen LogP contribution is 2.28. The van der Waals surface area contributed by atoms with Gasteiger partial charge in [-0.2, -0.15) is 4.68 Å². The summed E-state index contributed by atoms with van der Waals surface area (Å²) in [5.41, 5.74) is 0.944. The van der Waals surface area contributed by atoms with Gasteiger partial charge in [0.05, 0.1) is 18.9 Å². The van der Waals surface area contributed by atoms with Gasteiger partial charge in [0.15, 0.2) is 0 Å². The van der Waals surface area contributed by atoms with Crippen LogP contribution >= 0.6 is 0 Å². The summed E-state index contributed by atoms with van der Waals surface area (Å²) in [5.74, 6) is 1.39. The number of aliphatic hydroxyl groups excluding tert-OH is 1. The first-order valence-electron chi connectivity index (χ1n) is 8.85. The molecule has 4 rings (SSSR count). The fourth-order valence-corrected chi connectivity index (χ4v) is 3.75. The van der Waals surface area contributed by atoms with Crippen molar-refractivity contribution in [3.05, 3.63) is 30.3 Å². The van der Waals surface area contributed by atoms with Crippen LogP contribution < -0.4 is 4.90 Å². The van der Waals surface area contributed by atoms with Crippen molar-refractivity contribution >= 4 is 5.95 Å². The molecule has 8 heteroatoms. The fraction of sp³-hybridized carbons (Fsp3) is 0.588. The zero-order valence-electron chi connectivity index (χ0n) is 14.2. The Morgan fingerprint density at radius 3 is 2.60 bits per heavy atom. The third kappa shape index (κ3) is 3.51. The van der Waals surface area contributed by atoms with E-state index in [0.29, 0.717) is 5.92 Å². The monoisotopic (exact) mass is 344 g/mol. The topological polar surface area (TPSA) is 79.5 Å². The van der Waals surface area contributed by atoms with Gasteiger partial charge in [-0.15, -0.1) is 0 Å². The first-order chi connectivity index (χ1) is 12.3. The van der Waals surface area contributed by atoms with Gasteiger partial charge in [0.2, 0.25) is 5.95 Å². The molecule has 0 radical (unpaired) electrons. The normalized spacial score (nSPS) is 24.8.